The third kappa shape index (κ3) is 12.5. The molecule has 236 valence electrons. The Morgan fingerprint density at radius 3 is 1.37 bits per heavy atom. The molecule has 0 aliphatic carbocycles. The Hall–Kier alpha value is -2.58. The van der Waals surface area contributed by atoms with Crippen molar-refractivity contribution in [2.45, 2.75) is 57.6 Å². The third-order valence-corrected chi connectivity index (χ3v) is 7.53. The minimum atomic E-state index is -0.729. The van der Waals surface area contributed by atoms with Crippen molar-refractivity contribution in [1.29, 1.82) is 0 Å². The van der Waals surface area contributed by atoms with Gasteiger partial charge in [-0.25, -0.2) is 0 Å². The minimum Gasteiger partial charge on any atom is -0.378 e. The predicted octanol–water partition coefficient (Wildman–Crippen LogP) is 7.01. The third-order valence-electron chi connectivity index (χ3n) is 7.53. The number of hydrogen-bond donors (Lipinski definition) is 1. The Morgan fingerprint density at radius 2 is 0.953 bits per heavy atom. The van der Waals surface area contributed by atoms with Gasteiger partial charge in [-0.1, -0.05) is 124 Å². The molecule has 1 unspecified atom stereocenters. The molecule has 6 nitrogen and oxygen atoms in total. The van der Waals surface area contributed by atoms with Crippen molar-refractivity contribution in [3.8, 4) is 0 Å². The Morgan fingerprint density at radius 1 is 0.535 bits per heavy atom. The first kappa shape index (κ1) is 34.9. The van der Waals surface area contributed by atoms with E-state index in [2.05, 4.69) is 92.0 Å². The van der Waals surface area contributed by atoms with Gasteiger partial charge in [-0.15, -0.1) is 0 Å². The molecule has 0 radical (unpaired) electrons. The zero-order valence-corrected chi connectivity index (χ0v) is 26.4. The number of ether oxygens (including phenoxy) is 5. The largest absolute Gasteiger partial charge is 0.378 e. The molecule has 1 N–H and O–H groups in total. The van der Waals surface area contributed by atoms with E-state index >= 15 is 0 Å². The van der Waals surface area contributed by atoms with E-state index in [0.717, 1.165) is 23.2 Å². The average Bonchev–Trinajstić information content (AvgIpc) is 3.07. The summed E-state index contributed by atoms with van der Waals surface area (Å²) in [6, 6.07) is 31.8. The molecule has 3 rings (SSSR count). The van der Waals surface area contributed by atoms with Crippen LogP contribution >= 0.6 is 0 Å². The van der Waals surface area contributed by atoms with E-state index in [1.54, 1.807) is 0 Å². The van der Waals surface area contributed by atoms with Crippen LogP contribution in [0.5, 0.6) is 0 Å². The van der Waals surface area contributed by atoms with E-state index in [4.69, 9.17) is 23.7 Å². The van der Waals surface area contributed by atoms with Gasteiger partial charge in [-0.05, 0) is 29.5 Å². The fraction of sp³-hybridized carbons (Fsp3) is 0.514. The van der Waals surface area contributed by atoms with Gasteiger partial charge in [0, 0.05) is 12.6 Å². The second kappa shape index (κ2) is 22.0. The molecular weight excluding hydrogens is 538 g/mol. The van der Waals surface area contributed by atoms with Crippen LogP contribution in [0.2, 0.25) is 0 Å². The Labute approximate surface area is 260 Å². The SMILES string of the molecule is CCCCCC(CC)NCCOCCOCCOCCOCCOC(c1ccccc1)(c1ccccc1)c1ccccc1. The highest BCUT2D eigenvalue weighted by Crippen LogP contribution is 2.40. The van der Waals surface area contributed by atoms with Gasteiger partial charge in [-0.3, -0.25) is 0 Å². The molecule has 0 saturated heterocycles. The van der Waals surface area contributed by atoms with Crippen molar-refractivity contribution >= 4 is 0 Å². The van der Waals surface area contributed by atoms with E-state index < -0.39 is 5.60 Å². The van der Waals surface area contributed by atoms with Crippen LogP contribution in [0.25, 0.3) is 0 Å². The van der Waals surface area contributed by atoms with Gasteiger partial charge >= 0.3 is 0 Å². The topological polar surface area (TPSA) is 58.2 Å². The molecule has 3 aromatic carbocycles. The van der Waals surface area contributed by atoms with Crippen molar-refractivity contribution in [2.75, 3.05) is 66.0 Å². The van der Waals surface area contributed by atoms with E-state index in [-0.39, 0.29) is 0 Å². The fourth-order valence-electron chi connectivity index (χ4n) is 5.21. The summed E-state index contributed by atoms with van der Waals surface area (Å²) >= 11 is 0. The maximum Gasteiger partial charge on any atom is 0.143 e. The number of hydrogen-bond acceptors (Lipinski definition) is 6. The summed E-state index contributed by atoms with van der Waals surface area (Å²) in [6.07, 6.45) is 6.32. The zero-order chi connectivity index (χ0) is 30.3. The molecular formula is C37H53NO5. The van der Waals surface area contributed by atoms with Crippen LogP contribution in [0.4, 0.5) is 0 Å². The minimum absolute atomic E-state index is 0.440. The molecule has 43 heavy (non-hydrogen) atoms. The molecule has 0 spiro atoms. The van der Waals surface area contributed by atoms with Crippen molar-refractivity contribution in [2.24, 2.45) is 0 Å². The van der Waals surface area contributed by atoms with E-state index in [9.17, 15) is 0 Å². The fourth-order valence-corrected chi connectivity index (χ4v) is 5.21. The average molecular weight is 592 g/mol. The quantitative estimate of drug-likeness (QED) is 0.0845. The molecule has 0 bridgehead atoms. The van der Waals surface area contributed by atoms with Crippen LogP contribution in [0.1, 0.15) is 62.6 Å². The molecule has 0 amide bonds. The summed E-state index contributed by atoms with van der Waals surface area (Å²) < 4.78 is 29.6. The Bertz CT molecular complexity index is 954. The number of rotatable bonds is 25. The first-order valence-corrected chi connectivity index (χ1v) is 16.2. The number of benzene rings is 3. The summed E-state index contributed by atoms with van der Waals surface area (Å²) in [4.78, 5) is 0. The van der Waals surface area contributed by atoms with Gasteiger partial charge in [0.1, 0.15) is 5.60 Å². The summed E-state index contributed by atoms with van der Waals surface area (Å²) in [5.41, 5.74) is 2.52. The molecule has 1 atom stereocenters. The molecule has 6 heteroatoms. The van der Waals surface area contributed by atoms with E-state index in [1.807, 2.05) is 18.2 Å². The van der Waals surface area contributed by atoms with Gasteiger partial charge in [0.05, 0.1) is 59.5 Å². The van der Waals surface area contributed by atoms with Crippen LogP contribution in [0.15, 0.2) is 91.0 Å². The zero-order valence-electron chi connectivity index (χ0n) is 26.4. The first-order valence-electron chi connectivity index (χ1n) is 16.2. The Kier molecular flexibility index (Phi) is 17.9. The first-order chi connectivity index (χ1) is 21.3. The van der Waals surface area contributed by atoms with Crippen molar-refractivity contribution in [1.82, 2.24) is 5.32 Å². The number of unbranched alkanes of at least 4 members (excludes halogenated alkanes) is 2. The van der Waals surface area contributed by atoms with Crippen LogP contribution in [0, 0.1) is 0 Å². The summed E-state index contributed by atoms with van der Waals surface area (Å²) in [7, 11) is 0. The molecule has 3 aromatic rings. The number of nitrogens with one attached hydrogen (secondary N) is 1. The van der Waals surface area contributed by atoms with Crippen molar-refractivity contribution in [3.63, 3.8) is 0 Å². The Balaban J connectivity index is 1.28. The lowest BCUT2D eigenvalue weighted by atomic mass is 9.80. The monoisotopic (exact) mass is 591 g/mol. The molecule has 0 fully saturated rings. The molecule has 0 aliphatic rings. The van der Waals surface area contributed by atoms with Gasteiger partial charge in [-0.2, -0.15) is 0 Å². The van der Waals surface area contributed by atoms with Gasteiger partial charge in [0.25, 0.3) is 0 Å². The van der Waals surface area contributed by atoms with Crippen LogP contribution in [0.3, 0.4) is 0 Å². The summed E-state index contributed by atoms with van der Waals surface area (Å²) in [5.74, 6) is 0. The highest BCUT2D eigenvalue weighted by atomic mass is 16.6. The maximum absolute atomic E-state index is 6.73. The van der Waals surface area contributed by atoms with Gasteiger partial charge in [0.15, 0.2) is 0 Å². The van der Waals surface area contributed by atoms with Crippen LogP contribution in [-0.4, -0.2) is 72.0 Å². The highest BCUT2D eigenvalue weighted by Gasteiger charge is 2.37. The van der Waals surface area contributed by atoms with Crippen molar-refractivity contribution < 1.29 is 23.7 Å². The van der Waals surface area contributed by atoms with Gasteiger partial charge in [0.2, 0.25) is 0 Å². The standard InChI is InChI=1S/C37H53NO5/c1-3-5-9-22-36(4-2)38-23-24-39-25-26-40-27-28-41-29-30-42-31-32-43-37(33-16-10-6-11-17-33,34-18-12-7-13-19-34)35-20-14-8-15-21-35/h6-8,10-21,36,38H,3-5,9,22-32H2,1-2H3. The lowest BCUT2D eigenvalue weighted by Crippen LogP contribution is -2.34. The maximum atomic E-state index is 6.73. The second-order valence-electron chi connectivity index (χ2n) is 10.6. The second-order valence-corrected chi connectivity index (χ2v) is 10.6. The molecule has 0 aromatic heterocycles. The summed E-state index contributed by atoms with van der Waals surface area (Å²) in [5, 5.41) is 3.60. The normalized spacial score (nSPS) is 12.4. The summed E-state index contributed by atoms with van der Waals surface area (Å²) in [6.45, 7) is 10.3. The van der Waals surface area contributed by atoms with Crippen LogP contribution < -0.4 is 5.32 Å². The smallest absolute Gasteiger partial charge is 0.143 e. The molecule has 0 aliphatic heterocycles. The highest BCUT2D eigenvalue weighted by molar-refractivity contribution is 5.47. The van der Waals surface area contributed by atoms with E-state index in [1.165, 1.54) is 32.1 Å². The predicted molar refractivity (Wildman–Crippen MR) is 175 cm³/mol. The van der Waals surface area contributed by atoms with E-state index in [0.29, 0.717) is 65.5 Å². The molecule has 0 heterocycles. The molecule has 0 saturated carbocycles. The lowest BCUT2D eigenvalue weighted by molar-refractivity contribution is -0.0383. The van der Waals surface area contributed by atoms with Crippen LogP contribution in [-0.2, 0) is 29.3 Å². The van der Waals surface area contributed by atoms with Gasteiger partial charge < -0.3 is 29.0 Å². The van der Waals surface area contributed by atoms with Crippen molar-refractivity contribution in [3.05, 3.63) is 108 Å². The lowest BCUT2D eigenvalue weighted by Gasteiger charge is -2.36.